The van der Waals surface area contributed by atoms with Gasteiger partial charge in [0.1, 0.15) is 11.9 Å². The third-order valence-electron chi connectivity index (χ3n) is 3.00. The maximum absolute atomic E-state index is 10.4. The minimum atomic E-state index is -0.783. The van der Waals surface area contributed by atoms with E-state index in [0.717, 1.165) is 11.1 Å². The molecule has 19 heavy (non-hydrogen) atoms. The lowest BCUT2D eigenvalue weighted by atomic mass is 10.00. The van der Waals surface area contributed by atoms with E-state index >= 15 is 0 Å². The Bertz CT molecular complexity index is 597. The fourth-order valence-corrected chi connectivity index (χ4v) is 2.27. The molecule has 0 heterocycles. The molecule has 0 fully saturated rings. The lowest BCUT2D eigenvalue weighted by Crippen LogP contribution is -2.01. The molecule has 0 radical (unpaired) electrons. The summed E-state index contributed by atoms with van der Waals surface area (Å²) >= 11 is 12.1. The van der Waals surface area contributed by atoms with Crippen LogP contribution < -0.4 is 4.74 Å². The van der Waals surface area contributed by atoms with Crippen LogP contribution in [0.1, 0.15) is 22.8 Å². The van der Waals surface area contributed by atoms with Crippen LogP contribution in [0, 0.1) is 6.92 Å². The van der Waals surface area contributed by atoms with E-state index in [4.69, 9.17) is 27.9 Å². The molecule has 0 saturated heterocycles. The topological polar surface area (TPSA) is 29.5 Å². The van der Waals surface area contributed by atoms with Crippen molar-refractivity contribution < 1.29 is 9.84 Å². The standard InChI is InChI=1S/C15H14Cl2O2/c1-9-7-10(3-6-13(9)16)15(18)12-5-4-11(19-2)8-14(12)17/h3-8,15,18H,1-2H3. The van der Waals surface area contributed by atoms with Crippen molar-refractivity contribution in [3.8, 4) is 5.75 Å². The van der Waals surface area contributed by atoms with Crippen LogP contribution in [0.5, 0.6) is 5.75 Å². The molecule has 100 valence electrons. The maximum atomic E-state index is 10.4. The molecule has 0 bridgehead atoms. The Kier molecular flexibility index (Phi) is 4.35. The average Bonchev–Trinajstić information content (AvgIpc) is 2.41. The monoisotopic (exact) mass is 296 g/mol. The quantitative estimate of drug-likeness (QED) is 0.910. The molecular weight excluding hydrogens is 283 g/mol. The summed E-state index contributed by atoms with van der Waals surface area (Å²) in [6.07, 6.45) is -0.783. The first-order chi connectivity index (χ1) is 9.02. The largest absolute Gasteiger partial charge is 0.497 e. The fraction of sp³-hybridized carbons (Fsp3) is 0.200. The molecule has 1 unspecified atom stereocenters. The predicted molar refractivity (Wildman–Crippen MR) is 78.3 cm³/mol. The minimum absolute atomic E-state index is 0.472. The van der Waals surface area contributed by atoms with E-state index in [1.807, 2.05) is 13.0 Å². The first-order valence-electron chi connectivity index (χ1n) is 5.80. The summed E-state index contributed by atoms with van der Waals surface area (Å²) in [6.45, 7) is 1.90. The highest BCUT2D eigenvalue weighted by Crippen LogP contribution is 2.32. The zero-order valence-electron chi connectivity index (χ0n) is 10.7. The molecule has 0 amide bonds. The number of hydrogen-bond donors (Lipinski definition) is 1. The molecule has 0 aliphatic heterocycles. The van der Waals surface area contributed by atoms with Gasteiger partial charge in [-0.2, -0.15) is 0 Å². The highest BCUT2D eigenvalue weighted by atomic mass is 35.5. The number of aliphatic hydroxyl groups excluding tert-OH is 1. The molecule has 1 N–H and O–H groups in total. The van der Waals surface area contributed by atoms with Crippen molar-refractivity contribution in [3.63, 3.8) is 0 Å². The molecule has 2 nitrogen and oxygen atoms in total. The molecule has 2 rings (SSSR count). The van der Waals surface area contributed by atoms with Crippen LogP contribution in [0.4, 0.5) is 0 Å². The average molecular weight is 297 g/mol. The van der Waals surface area contributed by atoms with Gasteiger partial charge in [-0.05, 0) is 36.2 Å². The fourth-order valence-electron chi connectivity index (χ4n) is 1.87. The molecule has 2 aromatic carbocycles. The molecule has 0 aliphatic rings. The summed E-state index contributed by atoms with van der Waals surface area (Å²) in [7, 11) is 1.57. The van der Waals surface area contributed by atoms with Crippen LogP contribution in [-0.2, 0) is 0 Å². The SMILES string of the molecule is COc1ccc(C(O)c2ccc(Cl)c(C)c2)c(Cl)c1. The molecule has 0 saturated carbocycles. The van der Waals surface area contributed by atoms with Gasteiger partial charge in [-0.15, -0.1) is 0 Å². The normalized spacial score (nSPS) is 12.3. The maximum Gasteiger partial charge on any atom is 0.120 e. The van der Waals surface area contributed by atoms with Gasteiger partial charge in [0.2, 0.25) is 0 Å². The van der Waals surface area contributed by atoms with Gasteiger partial charge in [0.15, 0.2) is 0 Å². The second-order valence-electron chi connectivity index (χ2n) is 4.30. The van der Waals surface area contributed by atoms with Crippen molar-refractivity contribution >= 4 is 23.2 Å². The van der Waals surface area contributed by atoms with Gasteiger partial charge < -0.3 is 9.84 Å². The van der Waals surface area contributed by atoms with E-state index in [1.54, 1.807) is 37.4 Å². The second-order valence-corrected chi connectivity index (χ2v) is 5.11. The van der Waals surface area contributed by atoms with E-state index in [1.165, 1.54) is 0 Å². The summed E-state index contributed by atoms with van der Waals surface area (Å²) < 4.78 is 5.09. The van der Waals surface area contributed by atoms with Gasteiger partial charge >= 0.3 is 0 Å². The Hall–Kier alpha value is -1.22. The Morgan fingerprint density at radius 2 is 1.79 bits per heavy atom. The van der Waals surface area contributed by atoms with Gasteiger partial charge in [-0.3, -0.25) is 0 Å². The highest BCUT2D eigenvalue weighted by Gasteiger charge is 2.15. The molecule has 0 spiro atoms. The third-order valence-corrected chi connectivity index (χ3v) is 3.75. The first-order valence-corrected chi connectivity index (χ1v) is 6.56. The molecular formula is C15H14Cl2O2. The van der Waals surface area contributed by atoms with Crippen molar-refractivity contribution in [3.05, 3.63) is 63.1 Å². The van der Waals surface area contributed by atoms with E-state index in [9.17, 15) is 5.11 Å². The lowest BCUT2D eigenvalue weighted by molar-refractivity contribution is 0.220. The number of hydrogen-bond acceptors (Lipinski definition) is 2. The highest BCUT2D eigenvalue weighted by molar-refractivity contribution is 6.31. The second kappa shape index (κ2) is 5.83. The summed E-state index contributed by atoms with van der Waals surface area (Å²) in [5.41, 5.74) is 2.32. The predicted octanol–water partition coefficient (Wildman–Crippen LogP) is 4.39. The van der Waals surface area contributed by atoms with Crippen molar-refractivity contribution in [2.24, 2.45) is 0 Å². The van der Waals surface area contributed by atoms with Crippen molar-refractivity contribution in [1.29, 1.82) is 0 Å². The Morgan fingerprint density at radius 1 is 1.05 bits per heavy atom. The molecule has 4 heteroatoms. The van der Waals surface area contributed by atoms with E-state index < -0.39 is 6.10 Å². The molecule has 2 aromatic rings. The van der Waals surface area contributed by atoms with Crippen LogP contribution in [0.25, 0.3) is 0 Å². The minimum Gasteiger partial charge on any atom is -0.497 e. The summed E-state index contributed by atoms with van der Waals surface area (Å²) in [5.74, 6) is 0.660. The Morgan fingerprint density at radius 3 is 2.37 bits per heavy atom. The number of rotatable bonds is 3. The number of aliphatic hydroxyl groups is 1. The van der Waals surface area contributed by atoms with E-state index in [-0.39, 0.29) is 0 Å². The van der Waals surface area contributed by atoms with Gasteiger partial charge in [0, 0.05) is 10.6 Å². The number of aryl methyl sites for hydroxylation is 1. The summed E-state index contributed by atoms with van der Waals surface area (Å²) in [6, 6.07) is 10.6. The third kappa shape index (κ3) is 3.03. The number of methoxy groups -OCH3 is 1. The molecule has 0 aliphatic carbocycles. The van der Waals surface area contributed by atoms with Crippen LogP contribution in [-0.4, -0.2) is 12.2 Å². The zero-order chi connectivity index (χ0) is 14.0. The van der Waals surface area contributed by atoms with E-state index in [0.29, 0.717) is 21.4 Å². The van der Waals surface area contributed by atoms with Crippen LogP contribution in [0.2, 0.25) is 10.0 Å². The molecule has 1 atom stereocenters. The van der Waals surface area contributed by atoms with Gasteiger partial charge in [0.05, 0.1) is 12.1 Å². The number of ether oxygens (including phenoxy) is 1. The zero-order valence-corrected chi connectivity index (χ0v) is 12.2. The Balaban J connectivity index is 2.38. The Labute approximate surface area is 122 Å². The number of halogens is 2. The smallest absolute Gasteiger partial charge is 0.120 e. The number of benzene rings is 2. The van der Waals surface area contributed by atoms with Crippen molar-refractivity contribution in [1.82, 2.24) is 0 Å². The molecule has 0 aromatic heterocycles. The van der Waals surface area contributed by atoms with Crippen LogP contribution in [0.15, 0.2) is 36.4 Å². The van der Waals surface area contributed by atoms with Gasteiger partial charge in [-0.1, -0.05) is 41.4 Å². The van der Waals surface area contributed by atoms with E-state index in [2.05, 4.69) is 0 Å². The lowest BCUT2D eigenvalue weighted by Gasteiger charge is -2.15. The van der Waals surface area contributed by atoms with Crippen LogP contribution in [0.3, 0.4) is 0 Å². The summed E-state index contributed by atoms with van der Waals surface area (Å²) in [4.78, 5) is 0. The van der Waals surface area contributed by atoms with Gasteiger partial charge in [0.25, 0.3) is 0 Å². The van der Waals surface area contributed by atoms with Crippen LogP contribution >= 0.6 is 23.2 Å². The van der Waals surface area contributed by atoms with Gasteiger partial charge in [-0.25, -0.2) is 0 Å². The first kappa shape index (κ1) is 14.2. The van der Waals surface area contributed by atoms with Crippen molar-refractivity contribution in [2.45, 2.75) is 13.0 Å². The summed E-state index contributed by atoms with van der Waals surface area (Å²) in [5, 5.41) is 11.5. The van der Waals surface area contributed by atoms with Crippen molar-refractivity contribution in [2.75, 3.05) is 7.11 Å².